The molecule has 0 aliphatic carbocycles. The lowest BCUT2D eigenvalue weighted by molar-refractivity contribution is 0.391. The zero-order valence-corrected chi connectivity index (χ0v) is 18.3. The molecule has 8 heteroatoms. The molecule has 2 aromatic carbocycles. The molecule has 1 aliphatic heterocycles. The summed E-state index contributed by atoms with van der Waals surface area (Å²) in [6.45, 7) is 4.84. The number of nitrogens with one attached hydrogen (secondary N) is 1. The summed E-state index contributed by atoms with van der Waals surface area (Å²) in [5.74, 6) is 0.605. The highest BCUT2D eigenvalue weighted by Crippen LogP contribution is 2.29. The summed E-state index contributed by atoms with van der Waals surface area (Å²) in [4.78, 5) is 4.47. The monoisotopic (exact) mass is 436 g/mol. The highest BCUT2D eigenvalue weighted by molar-refractivity contribution is 7.89. The minimum Gasteiger partial charge on any atom is -0.419 e. The number of nitriles is 1. The molecule has 1 N–H and O–H groups in total. The second-order valence-electron chi connectivity index (χ2n) is 7.64. The smallest absolute Gasteiger partial charge is 0.243 e. The molecule has 160 valence electrons. The van der Waals surface area contributed by atoms with Gasteiger partial charge in [0.2, 0.25) is 27.5 Å². The van der Waals surface area contributed by atoms with Crippen molar-refractivity contribution in [1.29, 1.82) is 5.26 Å². The number of hydrogen-bond acceptors (Lipinski definition) is 6. The molecule has 2 heterocycles. The Morgan fingerprint density at radius 2 is 1.90 bits per heavy atom. The molecule has 3 aromatic rings. The number of sulfonamides is 1. The number of anilines is 1. The van der Waals surface area contributed by atoms with Crippen LogP contribution in [0.2, 0.25) is 0 Å². The summed E-state index contributed by atoms with van der Waals surface area (Å²) in [6.07, 6.45) is 1.57. The lowest BCUT2D eigenvalue weighted by Crippen LogP contribution is -2.35. The molecule has 0 amide bonds. The van der Waals surface area contributed by atoms with E-state index >= 15 is 0 Å². The Morgan fingerprint density at radius 3 is 2.58 bits per heavy atom. The van der Waals surface area contributed by atoms with E-state index in [2.05, 4.69) is 10.3 Å². The van der Waals surface area contributed by atoms with Crippen molar-refractivity contribution >= 4 is 15.9 Å². The van der Waals surface area contributed by atoms with Crippen LogP contribution in [0.15, 0.2) is 57.8 Å². The Bertz CT molecular complexity index is 1230. The normalized spacial score (nSPS) is 15.1. The van der Waals surface area contributed by atoms with Gasteiger partial charge in [0, 0.05) is 24.7 Å². The van der Waals surface area contributed by atoms with Gasteiger partial charge >= 0.3 is 0 Å². The molecule has 1 atom stereocenters. The van der Waals surface area contributed by atoms with E-state index in [-0.39, 0.29) is 22.5 Å². The Balaban J connectivity index is 1.57. The van der Waals surface area contributed by atoms with Gasteiger partial charge in [0.05, 0.1) is 4.90 Å². The van der Waals surface area contributed by atoms with Crippen LogP contribution in [0, 0.1) is 11.3 Å². The fraction of sp³-hybridized carbons (Fsp3) is 0.304. The second kappa shape index (κ2) is 8.53. The van der Waals surface area contributed by atoms with Crippen LogP contribution in [0.1, 0.15) is 37.1 Å². The molecular formula is C23H24N4O3S. The van der Waals surface area contributed by atoms with Crippen molar-refractivity contribution < 1.29 is 12.8 Å². The van der Waals surface area contributed by atoms with Gasteiger partial charge in [-0.25, -0.2) is 8.42 Å². The average Bonchev–Trinajstić information content (AvgIpc) is 3.21. The summed E-state index contributed by atoms with van der Waals surface area (Å²) >= 11 is 0. The third kappa shape index (κ3) is 4.20. The van der Waals surface area contributed by atoms with Gasteiger partial charge in [0.15, 0.2) is 0 Å². The lowest BCUT2D eigenvalue weighted by Gasteiger charge is -2.28. The fourth-order valence-electron chi connectivity index (χ4n) is 3.54. The van der Waals surface area contributed by atoms with Crippen molar-refractivity contribution in [2.45, 2.75) is 44.2 Å². The van der Waals surface area contributed by atoms with E-state index in [9.17, 15) is 13.7 Å². The van der Waals surface area contributed by atoms with E-state index in [1.165, 1.54) is 9.87 Å². The quantitative estimate of drug-likeness (QED) is 0.623. The van der Waals surface area contributed by atoms with Crippen molar-refractivity contribution in [1.82, 2.24) is 9.29 Å². The highest BCUT2D eigenvalue weighted by Gasteiger charge is 2.28. The molecule has 1 aliphatic rings. The van der Waals surface area contributed by atoms with Crippen molar-refractivity contribution in [2.75, 3.05) is 11.9 Å². The van der Waals surface area contributed by atoms with Crippen molar-refractivity contribution in [3.8, 4) is 17.5 Å². The van der Waals surface area contributed by atoms with Gasteiger partial charge in [-0.05, 0) is 55.2 Å². The molecule has 7 nitrogen and oxygen atoms in total. The van der Waals surface area contributed by atoms with Crippen molar-refractivity contribution in [3.63, 3.8) is 0 Å². The molecule has 0 radical (unpaired) electrons. The van der Waals surface area contributed by atoms with E-state index in [1.54, 1.807) is 24.3 Å². The Hall–Kier alpha value is -3.15. The molecule has 0 bridgehead atoms. The average molecular weight is 437 g/mol. The first-order valence-corrected chi connectivity index (χ1v) is 11.7. The molecular weight excluding hydrogens is 412 g/mol. The van der Waals surface area contributed by atoms with Crippen LogP contribution in [0.3, 0.4) is 0 Å². The maximum Gasteiger partial charge on any atom is 0.243 e. The van der Waals surface area contributed by atoms with E-state index in [4.69, 9.17) is 4.42 Å². The van der Waals surface area contributed by atoms with Gasteiger partial charge < -0.3 is 9.73 Å². The molecule has 4 rings (SSSR count). The van der Waals surface area contributed by atoms with Crippen LogP contribution in [-0.2, 0) is 23.0 Å². The zero-order valence-electron chi connectivity index (χ0n) is 17.5. The number of hydrogen-bond donors (Lipinski definition) is 1. The fourth-order valence-corrected chi connectivity index (χ4v) is 4.96. The van der Waals surface area contributed by atoms with Crippen LogP contribution in [0.4, 0.5) is 5.88 Å². The first-order valence-electron chi connectivity index (χ1n) is 10.3. The number of fused-ring (bicyclic) bond motifs is 1. The van der Waals surface area contributed by atoms with Crippen LogP contribution < -0.4 is 5.32 Å². The summed E-state index contributed by atoms with van der Waals surface area (Å²) in [5, 5.41) is 12.5. The topological polar surface area (TPSA) is 99.2 Å². The van der Waals surface area contributed by atoms with E-state index < -0.39 is 10.0 Å². The lowest BCUT2D eigenvalue weighted by atomic mass is 10.0. The number of oxazole rings is 1. The predicted molar refractivity (Wildman–Crippen MR) is 118 cm³/mol. The summed E-state index contributed by atoms with van der Waals surface area (Å²) in [5.41, 5.74) is 3.03. The van der Waals surface area contributed by atoms with Gasteiger partial charge in [-0.3, -0.25) is 0 Å². The summed E-state index contributed by atoms with van der Waals surface area (Å²) in [6, 6.07) is 16.5. The third-order valence-electron chi connectivity index (χ3n) is 5.56. The predicted octanol–water partition coefficient (Wildman–Crippen LogP) is 4.17. The molecule has 0 saturated heterocycles. The van der Waals surface area contributed by atoms with Crippen LogP contribution >= 0.6 is 0 Å². The summed E-state index contributed by atoms with van der Waals surface area (Å²) in [7, 11) is -3.61. The minimum absolute atomic E-state index is 0.134. The first-order chi connectivity index (χ1) is 14.9. The van der Waals surface area contributed by atoms with E-state index in [1.807, 2.05) is 44.2 Å². The number of rotatable bonds is 6. The molecule has 31 heavy (non-hydrogen) atoms. The summed E-state index contributed by atoms with van der Waals surface area (Å²) < 4.78 is 33.5. The minimum atomic E-state index is -3.61. The van der Waals surface area contributed by atoms with Gasteiger partial charge in [-0.2, -0.15) is 14.6 Å². The highest BCUT2D eigenvalue weighted by atomic mass is 32.2. The third-order valence-corrected chi connectivity index (χ3v) is 7.42. The van der Waals surface area contributed by atoms with Crippen molar-refractivity contribution in [2.24, 2.45) is 0 Å². The molecule has 0 spiro atoms. The maximum atomic E-state index is 13.1. The maximum absolute atomic E-state index is 13.1. The zero-order chi connectivity index (χ0) is 22.0. The Labute approximate surface area is 182 Å². The SMILES string of the molecule is CC[C@@H](C)Nc1oc(-c2ccc(S(=O)(=O)N3CCc4ccccc4C3)cc2)nc1C#N. The van der Waals surface area contributed by atoms with Crippen molar-refractivity contribution in [3.05, 3.63) is 65.4 Å². The molecule has 0 saturated carbocycles. The first kappa shape index (κ1) is 21.1. The van der Waals surface area contributed by atoms with Crippen LogP contribution in [0.5, 0.6) is 0 Å². The molecule has 1 aromatic heterocycles. The number of nitrogens with zero attached hydrogens (tertiary/aromatic N) is 3. The van der Waals surface area contributed by atoms with E-state index in [0.29, 0.717) is 31.0 Å². The van der Waals surface area contributed by atoms with Gasteiger partial charge in [0.1, 0.15) is 6.07 Å². The number of aromatic nitrogens is 1. The van der Waals surface area contributed by atoms with Gasteiger partial charge in [0.25, 0.3) is 0 Å². The Morgan fingerprint density at radius 1 is 1.19 bits per heavy atom. The van der Waals surface area contributed by atoms with Gasteiger partial charge in [-0.1, -0.05) is 31.2 Å². The Kier molecular flexibility index (Phi) is 5.81. The van der Waals surface area contributed by atoms with E-state index in [0.717, 1.165) is 12.0 Å². The van der Waals surface area contributed by atoms with Crippen LogP contribution in [0.25, 0.3) is 11.5 Å². The largest absolute Gasteiger partial charge is 0.419 e. The van der Waals surface area contributed by atoms with Crippen LogP contribution in [-0.4, -0.2) is 30.3 Å². The number of benzene rings is 2. The molecule has 0 fully saturated rings. The molecule has 0 unspecified atom stereocenters. The van der Waals surface area contributed by atoms with Gasteiger partial charge in [-0.15, -0.1) is 0 Å². The standard InChI is InChI=1S/C23H24N4O3S/c1-3-16(2)25-23-21(14-24)26-22(30-23)18-8-10-20(11-9-18)31(28,29)27-13-12-17-6-4-5-7-19(17)15-27/h4-11,16,25H,3,12-13,15H2,1-2H3/t16-/m1/s1. The second-order valence-corrected chi connectivity index (χ2v) is 9.58.